The molecule has 7 nitrogen and oxygen atoms in total. The Balaban J connectivity index is 2.64. The summed E-state index contributed by atoms with van der Waals surface area (Å²) in [6.07, 6.45) is 3.87. The molecule has 0 fully saturated rings. The van der Waals surface area contributed by atoms with Gasteiger partial charge in [-0.3, -0.25) is 4.21 Å². The minimum Gasteiger partial charge on any atom is -0.490 e. The maximum Gasteiger partial charge on any atom is 0.205 e. The van der Waals surface area contributed by atoms with Gasteiger partial charge in [-0.1, -0.05) is 6.92 Å². The van der Waals surface area contributed by atoms with E-state index in [-0.39, 0.29) is 5.25 Å². The Morgan fingerprint density at radius 3 is 2.72 bits per heavy atom. The standard InChI is InChI=1S/C10H19N5O2S/c1-7(18(3)16)4-5-12-9-8(17-2)10(15-11)14-6-13-9/h6-7H,4-5,11H2,1-3H3,(H2,12,13,14,15). The quantitative estimate of drug-likeness (QED) is 0.486. The lowest BCUT2D eigenvalue weighted by atomic mass is 10.3. The molecule has 0 aromatic carbocycles. The van der Waals surface area contributed by atoms with Crippen LogP contribution in [0.5, 0.6) is 5.75 Å². The second-order valence-corrected chi connectivity index (χ2v) is 5.58. The van der Waals surface area contributed by atoms with Gasteiger partial charge in [0, 0.05) is 28.9 Å². The van der Waals surface area contributed by atoms with Gasteiger partial charge in [-0.15, -0.1) is 0 Å². The Labute approximate surface area is 109 Å². The number of rotatable bonds is 7. The largest absolute Gasteiger partial charge is 0.490 e. The number of methoxy groups -OCH3 is 1. The molecule has 0 amide bonds. The zero-order chi connectivity index (χ0) is 13.5. The highest BCUT2D eigenvalue weighted by Crippen LogP contribution is 2.27. The van der Waals surface area contributed by atoms with Crippen LogP contribution in [0.2, 0.25) is 0 Å². The minimum absolute atomic E-state index is 0.137. The van der Waals surface area contributed by atoms with E-state index in [2.05, 4.69) is 20.7 Å². The second kappa shape index (κ2) is 7.12. The van der Waals surface area contributed by atoms with Crippen molar-refractivity contribution in [3.05, 3.63) is 6.33 Å². The number of nitrogens with two attached hydrogens (primary N) is 1. The summed E-state index contributed by atoms with van der Waals surface area (Å²) >= 11 is 0. The first-order valence-electron chi connectivity index (χ1n) is 5.51. The predicted molar refractivity (Wildman–Crippen MR) is 73.0 cm³/mol. The van der Waals surface area contributed by atoms with Crippen molar-refractivity contribution in [3.63, 3.8) is 0 Å². The zero-order valence-corrected chi connectivity index (χ0v) is 11.6. The van der Waals surface area contributed by atoms with Gasteiger partial charge < -0.3 is 15.5 Å². The van der Waals surface area contributed by atoms with E-state index in [0.717, 1.165) is 6.42 Å². The average Bonchev–Trinajstić information content (AvgIpc) is 2.37. The van der Waals surface area contributed by atoms with Crippen molar-refractivity contribution in [3.8, 4) is 5.75 Å². The van der Waals surface area contributed by atoms with E-state index in [0.29, 0.717) is 23.9 Å². The smallest absolute Gasteiger partial charge is 0.205 e. The lowest BCUT2D eigenvalue weighted by molar-refractivity contribution is 0.414. The van der Waals surface area contributed by atoms with E-state index in [1.165, 1.54) is 13.4 Å². The number of aromatic nitrogens is 2. The molecule has 0 aliphatic heterocycles. The molecule has 0 saturated heterocycles. The molecule has 1 aromatic heterocycles. The van der Waals surface area contributed by atoms with Crippen LogP contribution in [0.25, 0.3) is 0 Å². The topological polar surface area (TPSA) is 102 Å². The van der Waals surface area contributed by atoms with Crippen LogP contribution < -0.4 is 21.3 Å². The summed E-state index contributed by atoms with van der Waals surface area (Å²) in [4.78, 5) is 8.02. The molecule has 2 unspecified atom stereocenters. The Kier molecular flexibility index (Phi) is 5.79. The minimum atomic E-state index is -0.818. The van der Waals surface area contributed by atoms with E-state index in [1.807, 2.05) is 6.92 Å². The SMILES string of the molecule is COc1c(NN)ncnc1NCCC(C)S(C)=O. The zero-order valence-electron chi connectivity index (χ0n) is 10.8. The molecule has 102 valence electrons. The van der Waals surface area contributed by atoms with Crippen LogP contribution in [-0.4, -0.2) is 39.3 Å². The molecule has 0 spiro atoms. The summed E-state index contributed by atoms with van der Waals surface area (Å²) < 4.78 is 16.4. The van der Waals surface area contributed by atoms with Gasteiger partial charge >= 0.3 is 0 Å². The predicted octanol–water partition coefficient (Wildman–Crippen LogP) is 0.340. The number of nitrogens with one attached hydrogen (secondary N) is 2. The molecule has 4 N–H and O–H groups in total. The fourth-order valence-electron chi connectivity index (χ4n) is 1.36. The molecule has 1 aromatic rings. The first-order valence-corrected chi connectivity index (χ1v) is 7.14. The Morgan fingerprint density at radius 1 is 1.50 bits per heavy atom. The lowest BCUT2D eigenvalue weighted by Gasteiger charge is -2.13. The third kappa shape index (κ3) is 3.81. The van der Waals surface area contributed by atoms with E-state index in [4.69, 9.17) is 10.6 Å². The maximum absolute atomic E-state index is 11.2. The van der Waals surface area contributed by atoms with Crippen molar-refractivity contribution in [2.24, 2.45) is 5.84 Å². The normalized spacial score (nSPS) is 13.8. The molecular formula is C10H19N5O2S. The van der Waals surface area contributed by atoms with Gasteiger partial charge in [0.2, 0.25) is 5.75 Å². The summed E-state index contributed by atoms with van der Waals surface area (Å²) in [6, 6.07) is 0. The van der Waals surface area contributed by atoms with Crippen LogP contribution in [0.4, 0.5) is 11.6 Å². The number of hydrazine groups is 1. The van der Waals surface area contributed by atoms with Gasteiger partial charge in [0.1, 0.15) is 6.33 Å². The number of hydrogen-bond donors (Lipinski definition) is 3. The molecule has 1 rings (SSSR count). The summed E-state index contributed by atoms with van der Waals surface area (Å²) in [5.74, 6) is 6.77. The first kappa shape index (κ1) is 14.7. The molecule has 1 heterocycles. The molecular weight excluding hydrogens is 254 g/mol. The molecule has 2 atom stereocenters. The number of anilines is 2. The monoisotopic (exact) mass is 273 g/mol. The number of nitrogen functional groups attached to an aromatic ring is 1. The molecule has 0 bridgehead atoms. The molecule has 0 aliphatic rings. The van der Waals surface area contributed by atoms with E-state index in [9.17, 15) is 4.21 Å². The van der Waals surface area contributed by atoms with E-state index < -0.39 is 10.8 Å². The van der Waals surface area contributed by atoms with Gasteiger partial charge in [0.05, 0.1) is 7.11 Å². The summed E-state index contributed by atoms with van der Waals surface area (Å²) in [5.41, 5.74) is 2.44. The van der Waals surface area contributed by atoms with Crippen molar-refractivity contribution < 1.29 is 8.95 Å². The summed E-state index contributed by atoms with van der Waals surface area (Å²) in [7, 11) is 0.705. The van der Waals surface area contributed by atoms with Crippen LogP contribution in [0.1, 0.15) is 13.3 Å². The fourth-order valence-corrected chi connectivity index (χ4v) is 1.81. The Bertz CT molecular complexity index is 415. The van der Waals surface area contributed by atoms with E-state index in [1.54, 1.807) is 6.26 Å². The van der Waals surface area contributed by atoms with Gasteiger partial charge in [-0.25, -0.2) is 15.8 Å². The molecule has 0 aliphatic carbocycles. The fraction of sp³-hybridized carbons (Fsp3) is 0.600. The van der Waals surface area contributed by atoms with Gasteiger partial charge in [0.25, 0.3) is 0 Å². The van der Waals surface area contributed by atoms with Crippen molar-refractivity contribution >= 4 is 22.4 Å². The van der Waals surface area contributed by atoms with Gasteiger partial charge in [-0.2, -0.15) is 0 Å². The second-order valence-electron chi connectivity index (χ2n) is 3.77. The maximum atomic E-state index is 11.2. The first-order chi connectivity index (χ1) is 8.60. The van der Waals surface area contributed by atoms with Crippen molar-refractivity contribution in [2.45, 2.75) is 18.6 Å². The van der Waals surface area contributed by atoms with Gasteiger partial charge in [0.15, 0.2) is 11.6 Å². The number of nitrogens with zero attached hydrogens (tertiary/aromatic N) is 2. The van der Waals surface area contributed by atoms with Gasteiger partial charge in [-0.05, 0) is 6.42 Å². The molecule has 0 radical (unpaired) electrons. The van der Waals surface area contributed by atoms with Crippen LogP contribution in [-0.2, 0) is 10.8 Å². The molecule has 18 heavy (non-hydrogen) atoms. The van der Waals surface area contributed by atoms with Crippen molar-refractivity contribution in [1.82, 2.24) is 9.97 Å². The van der Waals surface area contributed by atoms with Crippen molar-refractivity contribution in [2.75, 3.05) is 30.7 Å². The van der Waals surface area contributed by atoms with Crippen LogP contribution in [0.15, 0.2) is 6.33 Å². The number of ether oxygens (including phenoxy) is 1. The third-order valence-electron chi connectivity index (χ3n) is 2.55. The Hall–Kier alpha value is -1.41. The summed E-state index contributed by atoms with van der Waals surface area (Å²) in [5, 5.41) is 3.26. The highest BCUT2D eigenvalue weighted by Gasteiger charge is 2.11. The van der Waals surface area contributed by atoms with E-state index >= 15 is 0 Å². The highest BCUT2D eigenvalue weighted by atomic mass is 32.2. The van der Waals surface area contributed by atoms with Crippen LogP contribution in [0, 0.1) is 0 Å². The lowest BCUT2D eigenvalue weighted by Crippen LogP contribution is -2.16. The molecule has 8 heteroatoms. The third-order valence-corrected chi connectivity index (χ3v) is 3.92. The average molecular weight is 273 g/mol. The van der Waals surface area contributed by atoms with Crippen molar-refractivity contribution in [1.29, 1.82) is 0 Å². The highest BCUT2D eigenvalue weighted by molar-refractivity contribution is 7.84. The number of hydrogen-bond acceptors (Lipinski definition) is 7. The van der Waals surface area contributed by atoms with Crippen LogP contribution >= 0.6 is 0 Å². The summed E-state index contributed by atoms with van der Waals surface area (Å²) in [6.45, 7) is 2.60. The Morgan fingerprint density at radius 2 is 2.17 bits per heavy atom. The molecule has 0 saturated carbocycles. The van der Waals surface area contributed by atoms with Crippen LogP contribution in [0.3, 0.4) is 0 Å².